The summed E-state index contributed by atoms with van der Waals surface area (Å²) in [6, 6.07) is 16.8. The second-order valence-electron chi connectivity index (χ2n) is 6.38. The van der Waals surface area contributed by atoms with E-state index < -0.39 is 0 Å². The van der Waals surface area contributed by atoms with Crippen LogP contribution in [-0.2, 0) is 17.8 Å². The van der Waals surface area contributed by atoms with Crippen molar-refractivity contribution in [2.45, 2.75) is 25.9 Å². The molecule has 4 heteroatoms. The number of halogens is 1. The summed E-state index contributed by atoms with van der Waals surface area (Å²) in [7, 11) is 2.08. The molecule has 1 unspecified atom stereocenters. The zero-order chi connectivity index (χ0) is 16.4. The largest absolute Gasteiger partial charge is 0.326 e. The lowest BCUT2D eigenvalue weighted by atomic mass is 10.1. The monoisotopic (exact) mass is 373 g/mol. The number of hydrogen-bond acceptors (Lipinski definition) is 1. The molecule has 1 aliphatic heterocycles. The van der Waals surface area contributed by atoms with E-state index in [1.54, 1.807) is 0 Å². The number of fused-ring (bicyclic) bond motifs is 1. The zero-order valence-corrected chi connectivity index (χ0v) is 15.1. The van der Waals surface area contributed by atoms with Crippen LogP contribution in [0.15, 0.2) is 53.0 Å². The molecule has 0 bridgehead atoms. The molecule has 2 aromatic rings. The van der Waals surface area contributed by atoms with Crippen LogP contribution in [0.4, 0.5) is 5.69 Å². The molecule has 0 aromatic heterocycles. The van der Waals surface area contributed by atoms with Gasteiger partial charge in [-0.25, -0.2) is 0 Å². The van der Waals surface area contributed by atoms with Crippen LogP contribution >= 0.6 is 15.9 Å². The van der Waals surface area contributed by atoms with Crippen LogP contribution in [0.2, 0.25) is 0 Å². The topological polar surface area (TPSA) is 24.8 Å². The van der Waals surface area contributed by atoms with Gasteiger partial charge < -0.3 is 9.80 Å². The van der Waals surface area contributed by atoms with Crippen molar-refractivity contribution in [3.63, 3.8) is 0 Å². The van der Waals surface area contributed by atoms with Crippen molar-refractivity contribution in [2.75, 3.05) is 18.5 Å². The van der Waals surface area contributed by atoms with Gasteiger partial charge >= 0.3 is 0 Å². The highest BCUT2D eigenvalue weighted by atomic mass is 79.9. The minimum absolute atomic E-state index is 0.206. The number of hydrogen-bond donors (Lipinski definition) is 1. The Bertz CT molecular complexity index is 699. The molecule has 0 fully saturated rings. The molecule has 1 aliphatic rings. The maximum absolute atomic E-state index is 12.8. The van der Waals surface area contributed by atoms with Gasteiger partial charge in [-0.3, -0.25) is 4.79 Å². The molecule has 0 saturated carbocycles. The second-order valence-corrected chi connectivity index (χ2v) is 7.30. The van der Waals surface area contributed by atoms with Crippen LogP contribution in [-0.4, -0.2) is 25.5 Å². The van der Waals surface area contributed by atoms with Crippen molar-refractivity contribution in [2.24, 2.45) is 0 Å². The van der Waals surface area contributed by atoms with Crippen molar-refractivity contribution < 1.29 is 9.69 Å². The lowest BCUT2D eigenvalue weighted by Gasteiger charge is -2.24. The molecule has 3 nitrogen and oxygen atoms in total. The molecule has 0 spiro atoms. The van der Waals surface area contributed by atoms with Gasteiger partial charge in [0.1, 0.15) is 6.54 Å². The van der Waals surface area contributed by atoms with Crippen LogP contribution in [0.3, 0.4) is 0 Å². The molecule has 120 valence electrons. The van der Waals surface area contributed by atoms with E-state index in [9.17, 15) is 4.79 Å². The standard InChI is InChI=1S/C19H21BrN2O/c1-14-11-16-5-3-4-6-18(16)22(14)19(23)13-21(2)12-15-7-9-17(20)10-8-15/h3-10,14H,11-13H2,1-2H3/p+1/t14-/m0/s1. The third-order valence-electron chi connectivity index (χ3n) is 4.35. The molecular weight excluding hydrogens is 352 g/mol. The lowest BCUT2D eigenvalue weighted by molar-refractivity contribution is -0.885. The Kier molecular flexibility index (Phi) is 4.83. The van der Waals surface area contributed by atoms with Crippen LogP contribution < -0.4 is 9.80 Å². The molecular formula is C19H22BrN2O+. The lowest BCUT2D eigenvalue weighted by Crippen LogP contribution is -3.09. The first-order valence-electron chi connectivity index (χ1n) is 8.00. The number of carbonyl (C=O) groups is 1. The highest BCUT2D eigenvalue weighted by Gasteiger charge is 2.31. The van der Waals surface area contributed by atoms with Gasteiger partial charge in [0.2, 0.25) is 0 Å². The highest BCUT2D eigenvalue weighted by molar-refractivity contribution is 9.10. The van der Waals surface area contributed by atoms with Gasteiger partial charge in [-0.05, 0) is 37.1 Å². The van der Waals surface area contributed by atoms with Gasteiger partial charge in [-0.1, -0.05) is 46.3 Å². The van der Waals surface area contributed by atoms with E-state index in [4.69, 9.17) is 0 Å². The summed E-state index contributed by atoms with van der Waals surface area (Å²) in [5.41, 5.74) is 3.61. The molecule has 1 heterocycles. The smallest absolute Gasteiger partial charge is 0.282 e. The Hall–Kier alpha value is -1.65. The number of rotatable bonds is 4. The normalized spacial score (nSPS) is 17.9. The molecule has 23 heavy (non-hydrogen) atoms. The first kappa shape index (κ1) is 16.2. The average Bonchev–Trinajstić information content (AvgIpc) is 2.85. The van der Waals surface area contributed by atoms with Gasteiger partial charge in [0.25, 0.3) is 5.91 Å². The van der Waals surface area contributed by atoms with Gasteiger partial charge in [-0.2, -0.15) is 0 Å². The maximum atomic E-state index is 12.8. The molecule has 0 saturated heterocycles. The van der Waals surface area contributed by atoms with E-state index in [0.717, 1.165) is 23.1 Å². The summed E-state index contributed by atoms with van der Waals surface area (Å²) < 4.78 is 1.08. The van der Waals surface area contributed by atoms with Crippen LogP contribution in [0.1, 0.15) is 18.1 Å². The van der Waals surface area contributed by atoms with Gasteiger partial charge in [0.05, 0.1) is 7.05 Å². The van der Waals surface area contributed by atoms with E-state index in [1.165, 1.54) is 16.0 Å². The third-order valence-corrected chi connectivity index (χ3v) is 4.88. The zero-order valence-electron chi connectivity index (χ0n) is 13.6. The fourth-order valence-electron chi connectivity index (χ4n) is 3.30. The van der Waals surface area contributed by atoms with Crippen molar-refractivity contribution in [3.05, 3.63) is 64.1 Å². The molecule has 2 atom stereocenters. The molecule has 1 amide bonds. The summed E-state index contributed by atoms with van der Waals surface area (Å²) in [6.07, 6.45) is 0.952. The number of benzene rings is 2. The molecule has 1 N–H and O–H groups in total. The molecule has 3 rings (SSSR count). The van der Waals surface area contributed by atoms with Gasteiger partial charge in [0.15, 0.2) is 6.54 Å². The third kappa shape index (κ3) is 3.65. The SMILES string of the molecule is C[C@H]1Cc2ccccc2N1C(=O)C[NH+](C)Cc1ccc(Br)cc1. The predicted octanol–water partition coefficient (Wildman–Crippen LogP) is 2.44. The Balaban J connectivity index is 1.66. The molecule has 0 aliphatic carbocycles. The maximum Gasteiger partial charge on any atom is 0.282 e. The van der Waals surface area contributed by atoms with Crippen LogP contribution in [0.5, 0.6) is 0 Å². The minimum Gasteiger partial charge on any atom is -0.326 e. The molecule has 2 aromatic carbocycles. The number of nitrogens with zero attached hydrogens (tertiary/aromatic N) is 1. The molecule has 0 radical (unpaired) electrons. The quantitative estimate of drug-likeness (QED) is 0.874. The van der Waals surface area contributed by atoms with Gasteiger partial charge in [0, 0.05) is 21.8 Å². The predicted molar refractivity (Wildman–Crippen MR) is 96.7 cm³/mol. The number of quaternary nitrogens is 1. The Morgan fingerprint density at radius 1 is 1.22 bits per heavy atom. The van der Waals surface area contributed by atoms with E-state index >= 15 is 0 Å². The number of para-hydroxylation sites is 1. The van der Waals surface area contributed by atoms with Crippen LogP contribution in [0, 0.1) is 0 Å². The Labute approximate surface area is 146 Å². The second kappa shape index (κ2) is 6.85. The first-order valence-corrected chi connectivity index (χ1v) is 8.79. The van der Waals surface area contributed by atoms with Crippen molar-refractivity contribution in [1.82, 2.24) is 0 Å². The Morgan fingerprint density at radius 3 is 2.65 bits per heavy atom. The van der Waals surface area contributed by atoms with E-state index in [2.05, 4.69) is 54.2 Å². The highest BCUT2D eigenvalue weighted by Crippen LogP contribution is 2.31. The minimum atomic E-state index is 0.206. The summed E-state index contributed by atoms with van der Waals surface area (Å²) in [6.45, 7) is 3.49. The first-order chi connectivity index (χ1) is 11.0. The van der Waals surface area contributed by atoms with Crippen molar-refractivity contribution >= 4 is 27.5 Å². The van der Waals surface area contributed by atoms with E-state index in [-0.39, 0.29) is 11.9 Å². The van der Waals surface area contributed by atoms with Crippen molar-refractivity contribution in [3.8, 4) is 0 Å². The number of likely N-dealkylation sites (N-methyl/N-ethyl adjacent to an activating group) is 1. The summed E-state index contributed by atoms with van der Waals surface area (Å²) >= 11 is 3.45. The number of nitrogens with one attached hydrogen (secondary N) is 1. The Morgan fingerprint density at radius 2 is 1.91 bits per heavy atom. The van der Waals surface area contributed by atoms with Gasteiger partial charge in [-0.15, -0.1) is 0 Å². The summed E-state index contributed by atoms with van der Waals surface area (Å²) in [4.78, 5) is 15.9. The fraction of sp³-hybridized carbons (Fsp3) is 0.316. The number of anilines is 1. The fourth-order valence-corrected chi connectivity index (χ4v) is 3.57. The summed E-state index contributed by atoms with van der Waals surface area (Å²) in [5, 5.41) is 0. The van der Waals surface area contributed by atoms with E-state index in [0.29, 0.717) is 6.54 Å². The van der Waals surface area contributed by atoms with E-state index in [1.807, 2.05) is 29.2 Å². The van der Waals surface area contributed by atoms with Crippen LogP contribution in [0.25, 0.3) is 0 Å². The number of amides is 1. The van der Waals surface area contributed by atoms with Crippen molar-refractivity contribution in [1.29, 1.82) is 0 Å². The number of carbonyl (C=O) groups excluding carboxylic acids is 1. The average molecular weight is 374 g/mol. The summed E-state index contributed by atoms with van der Waals surface area (Å²) in [5.74, 6) is 0.206.